The predicted octanol–water partition coefficient (Wildman–Crippen LogP) is 2.52. The molecular formula is C14H25NO3. The molecule has 1 N–H and O–H groups in total. The second-order valence-corrected chi connectivity index (χ2v) is 6.05. The van der Waals surface area contributed by atoms with Gasteiger partial charge in [-0.05, 0) is 26.2 Å². The van der Waals surface area contributed by atoms with Gasteiger partial charge in [0, 0.05) is 13.0 Å². The summed E-state index contributed by atoms with van der Waals surface area (Å²) in [6, 6.07) is 0. The van der Waals surface area contributed by atoms with Crippen LogP contribution in [-0.4, -0.2) is 34.5 Å². The Balaban J connectivity index is 2.59. The summed E-state index contributed by atoms with van der Waals surface area (Å²) in [7, 11) is 1.58. The third kappa shape index (κ3) is 3.24. The van der Waals surface area contributed by atoms with E-state index in [9.17, 15) is 9.59 Å². The van der Waals surface area contributed by atoms with Gasteiger partial charge < -0.3 is 10.0 Å². The second-order valence-electron chi connectivity index (χ2n) is 6.05. The van der Waals surface area contributed by atoms with Gasteiger partial charge in [0.15, 0.2) is 0 Å². The summed E-state index contributed by atoms with van der Waals surface area (Å²) in [5, 5.41) is 9.13. The molecule has 0 aromatic carbocycles. The Kier molecular flexibility index (Phi) is 4.77. The molecule has 1 atom stereocenters. The summed E-state index contributed by atoms with van der Waals surface area (Å²) in [5.41, 5.74) is -1.14. The molecule has 1 rings (SSSR count). The summed E-state index contributed by atoms with van der Waals surface area (Å²) < 4.78 is 0. The second kappa shape index (κ2) is 5.72. The molecule has 1 aliphatic rings. The SMILES string of the molecule is CC(CC1CCCC1)C(=O)N(C)C(C)(C)C(=O)O. The number of amides is 1. The zero-order valence-electron chi connectivity index (χ0n) is 11.9. The van der Waals surface area contributed by atoms with Gasteiger partial charge in [-0.1, -0.05) is 32.6 Å². The normalized spacial score (nSPS) is 18.7. The zero-order chi connectivity index (χ0) is 13.9. The van der Waals surface area contributed by atoms with E-state index in [-0.39, 0.29) is 11.8 Å². The predicted molar refractivity (Wildman–Crippen MR) is 70.2 cm³/mol. The van der Waals surface area contributed by atoms with E-state index in [1.165, 1.54) is 30.6 Å². The van der Waals surface area contributed by atoms with E-state index in [2.05, 4.69) is 0 Å². The lowest BCUT2D eigenvalue weighted by Crippen LogP contribution is -2.52. The largest absolute Gasteiger partial charge is 0.480 e. The zero-order valence-corrected chi connectivity index (χ0v) is 11.9. The number of aliphatic carboxylic acids is 1. The highest BCUT2D eigenvalue weighted by atomic mass is 16.4. The molecule has 0 bridgehead atoms. The minimum atomic E-state index is -1.14. The van der Waals surface area contributed by atoms with Gasteiger partial charge in [-0.25, -0.2) is 4.79 Å². The minimum absolute atomic E-state index is 0.0608. The number of hydrogen-bond donors (Lipinski definition) is 1. The van der Waals surface area contributed by atoms with Crippen LogP contribution in [0.5, 0.6) is 0 Å². The lowest BCUT2D eigenvalue weighted by Gasteiger charge is -2.34. The van der Waals surface area contributed by atoms with E-state index in [4.69, 9.17) is 5.11 Å². The van der Waals surface area contributed by atoms with Gasteiger partial charge in [0.05, 0.1) is 0 Å². The molecule has 0 heterocycles. The molecule has 1 amide bonds. The lowest BCUT2D eigenvalue weighted by atomic mass is 9.92. The summed E-state index contributed by atoms with van der Waals surface area (Å²) in [6.07, 6.45) is 5.84. The van der Waals surface area contributed by atoms with Gasteiger partial charge in [0.25, 0.3) is 0 Å². The van der Waals surface area contributed by atoms with Gasteiger partial charge in [-0.2, -0.15) is 0 Å². The Labute approximate surface area is 109 Å². The van der Waals surface area contributed by atoms with Gasteiger partial charge in [-0.3, -0.25) is 4.79 Å². The van der Waals surface area contributed by atoms with E-state index < -0.39 is 11.5 Å². The summed E-state index contributed by atoms with van der Waals surface area (Å²) in [5.74, 6) is -0.470. The Morgan fingerprint density at radius 1 is 1.33 bits per heavy atom. The van der Waals surface area contributed by atoms with Gasteiger partial charge in [0.2, 0.25) is 5.91 Å². The number of rotatable bonds is 5. The molecule has 104 valence electrons. The summed E-state index contributed by atoms with van der Waals surface area (Å²) in [4.78, 5) is 24.8. The van der Waals surface area contributed by atoms with Crippen LogP contribution in [0.4, 0.5) is 0 Å². The van der Waals surface area contributed by atoms with Crippen LogP contribution in [-0.2, 0) is 9.59 Å². The first-order chi connectivity index (χ1) is 8.26. The van der Waals surface area contributed by atoms with E-state index in [0.29, 0.717) is 5.92 Å². The van der Waals surface area contributed by atoms with Gasteiger partial charge >= 0.3 is 5.97 Å². The molecule has 18 heavy (non-hydrogen) atoms. The third-order valence-corrected chi connectivity index (χ3v) is 4.28. The topological polar surface area (TPSA) is 57.6 Å². The number of likely N-dealkylation sites (N-methyl/N-ethyl adjacent to an activating group) is 1. The van der Waals surface area contributed by atoms with Crippen molar-refractivity contribution in [2.75, 3.05) is 7.05 Å². The van der Waals surface area contributed by atoms with Crippen molar-refractivity contribution in [3.63, 3.8) is 0 Å². The number of hydrogen-bond acceptors (Lipinski definition) is 2. The monoisotopic (exact) mass is 255 g/mol. The minimum Gasteiger partial charge on any atom is -0.480 e. The van der Waals surface area contributed by atoms with E-state index in [1.807, 2.05) is 6.92 Å². The fourth-order valence-electron chi connectivity index (χ4n) is 2.60. The molecule has 0 aromatic heterocycles. The van der Waals surface area contributed by atoms with E-state index in [0.717, 1.165) is 6.42 Å². The van der Waals surface area contributed by atoms with Crippen LogP contribution < -0.4 is 0 Å². The Bertz CT molecular complexity index is 319. The Morgan fingerprint density at radius 2 is 1.83 bits per heavy atom. The molecule has 1 unspecified atom stereocenters. The molecule has 0 aromatic rings. The maximum atomic E-state index is 12.2. The number of nitrogens with zero attached hydrogens (tertiary/aromatic N) is 1. The maximum Gasteiger partial charge on any atom is 0.329 e. The fourth-order valence-corrected chi connectivity index (χ4v) is 2.60. The van der Waals surface area contributed by atoms with Crippen LogP contribution in [0.15, 0.2) is 0 Å². The number of carbonyl (C=O) groups is 2. The Hall–Kier alpha value is -1.06. The third-order valence-electron chi connectivity index (χ3n) is 4.28. The van der Waals surface area contributed by atoms with Crippen molar-refractivity contribution < 1.29 is 14.7 Å². The molecule has 4 heteroatoms. The molecule has 0 aliphatic heterocycles. The number of carboxylic acid groups (broad SMARTS) is 1. The molecule has 0 spiro atoms. The first kappa shape index (κ1) is 15.0. The van der Waals surface area contributed by atoms with Crippen molar-refractivity contribution in [3.8, 4) is 0 Å². The smallest absolute Gasteiger partial charge is 0.329 e. The Morgan fingerprint density at radius 3 is 2.28 bits per heavy atom. The van der Waals surface area contributed by atoms with Crippen LogP contribution in [0.2, 0.25) is 0 Å². The van der Waals surface area contributed by atoms with Crippen molar-refractivity contribution in [2.24, 2.45) is 11.8 Å². The highest BCUT2D eigenvalue weighted by Crippen LogP contribution is 2.31. The fraction of sp³-hybridized carbons (Fsp3) is 0.857. The van der Waals surface area contributed by atoms with Crippen molar-refractivity contribution in [2.45, 2.75) is 58.4 Å². The van der Waals surface area contributed by atoms with Crippen LogP contribution in [0.25, 0.3) is 0 Å². The summed E-state index contributed by atoms with van der Waals surface area (Å²) in [6.45, 7) is 5.04. The molecule has 0 radical (unpaired) electrons. The number of carboxylic acids is 1. The molecule has 1 fully saturated rings. The van der Waals surface area contributed by atoms with Crippen molar-refractivity contribution in [1.29, 1.82) is 0 Å². The first-order valence-corrected chi connectivity index (χ1v) is 6.78. The highest BCUT2D eigenvalue weighted by molar-refractivity contribution is 5.87. The highest BCUT2D eigenvalue weighted by Gasteiger charge is 2.37. The van der Waals surface area contributed by atoms with Crippen LogP contribution in [0, 0.1) is 11.8 Å². The van der Waals surface area contributed by atoms with Crippen LogP contribution in [0.3, 0.4) is 0 Å². The maximum absolute atomic E-state index is 12.2. The lowest BCUT2D eigenvalue weighted by molar-refractivity contribution is -0.157. The van der Waals surface area contributed by atoms with E-state index in [1.54, 1.807) is 20.9 Å². The van der Waals surface area contributed by atoms with Crippen LogP contribution >= 0.6 is 0 Å². The molecule has 1 saturated carbocycles. The molecular weight excluding hydrogens is 230 g/mol. The van der Waals surface area contributed by atoms with Crippen LogP contribution in [0.1, 0.15) is 52.9 Å². The van der Waals surface area contributed by atoms with Crippen molar-refractivity contribution >= 4 is 11.9 Å². The number of carbonyl (C=O) groups excluding carboxylic acids is 1. The average Bonchev–Trinajstić information content (AvgIpc) is 2.79. The molecule has 1 aliphatic carbocycles. The molecule has 4 nitrogen and oxygen atoms in total. The standard InChI is InChI=1S/C14H25NO3/c1-10(9-11-7-5-6-8-11)12(16)15(4)14(2,3)13(17)18/h10-11H,5-9H2,1-4H3,(H,17,18). The van der Waals surface area contributed by atoms with E-state index >= 15 is 0 Å². The van der Waals surface area contributed by atoms with Gasteiger partial charge in [0.1, 0.15) is 5.54 Å². The van der Waals surface area contributed by atoms with Gasteiger partial charge in [-0.15, -0.1) is 0 Å². The first-order valence-electron chi connectivity index (χ1n) is 6.78. The van der Waals surface area contributed by atoms with Crippen molar-refractivity contribution in [1.82, 2.24) is 4.90 Å². The quantitative estimate of drug-likeness (QED) is 0.821. The average molecular weight is 255 g/mol. The molecule has 0 saturated heterocycles. The summed E-state index contributed by atoms with van der Waals surface area (Å²) >= 11 is 0. The van der Waals surface area contributed by atoms with Crippen molar-refractivity contribution in [3.05, 3.63) is 0 Å².